The molecule has 1 N–H and O–H groups in total. The van der Waals surface area contributed by atoms with Crippen molar-refractivity contribution in [3.05, 3.63) is 65.6 Å². The molecule has 6 nitrogen and oxygen atoms in total. The predicted octanol–water partition coefficient (Wildman–Crippen LogP) is 3.46. The maximum absolute atomic E-state index is 12.4. The molecule has 3 rings (SSSR count). The van der Waals surface area contributed by atoms with Crippen LogP contribution < -0.4 is 5.32 Å². The van der Waals surface area contributed by atoms with Gasteiger partial charge in [0, 0.05) is 18.1 Å². The lowest BCUT2D eigenvalue weighted by Gasteiger charge is -2.09. The number of carbonyl (C=O) groups excluding carboxylic acids is 2. The van der Waals surface area contributed by atoms with Crippen LogP contribution in [0.2, 0.25) is 0 Å². The van der Waals surface area contributed by atoms with Crippen LogP contribution in [0.3, 0.4) is 0 Å². The number of aromatic nitrogens is 2. The van der Waals surface area contributed by atoms with E-state index >= 15 is 0 Å². The van der Waals surface area contributed by atoms with Crippen LogP contribution >= 0.6 is 0 Å². The quantitative estimate of drug-likeness (QED) is 0.740. The van der Waals surface area contributed by atoms with Crippen molar-refractivity contribution >= 4 is 23.2 Å². The molecule has 0 aliphatic carbocycles. The first-order valence-corrected chi connectivity index (χ1v) is 8.00. The predicted molar refractivity (Wildman–Crippen MR) is 94.9 cm³/mol. The number of pyridine rings is 1. The molecule has 0 spiro atoms. The Morgan fingerprint density at radius 1 is 1.20 bits per heavy atom. The Morgan fingerprint density at radius 2 is 2.00 bits per heavy atom. The van der Waals surface area contributed by atoms with Crippen LogP contribution in [0, 0.1) is 6.92 Å². The summed E-state index contributed by atoms with van der Waals surface area (Å²) < 4.78 is 6.95. The van der Waals surface area contributed by atoms with Gasteiger partial charge in [-0.2, -0.15) is 0 Å². The number of hydrogen-bond acceptors (Lipinski definition) is 4. The largest absolute Gasteiger partial charge is 0.459 e. The van der Waals surface area contributed by atoms with Gasteiger partial charge in [0.05, 0.1) is 11.7 Å². The highest BCUT2D eigenvalue weighted by atomic mass is 16.5. The lowest BCUT2D eigenvalue weighted by atomic mass is 10.2. The summed E-state index contributed by atoms with van der Waals surface area (Å²) in [4.78, 5) is 28.7. The number of nitrogens with one attached hydrogen (secondary N) is 1. The van der Waals surface area contributed by atoms with Crippen molar-refractivity contribution in [1.29, 1.82) is 0 Å². The Balaban J connectivity index is 1.79. The van der Waals surface area contributed by atoms with E-state index in [0.29, 0.717) is 22.6 Å². The van der Waals surface area contributed by atoms with E-state index in [9.17, 15) is 9.59 Å². The summed E-state index contributed by atoms with van der Waals surface area (Å²) in [6.07, 6.45) is 3.32. The van der Waals surface area contributed by atoms with Crippen LogP contribution in [0.25, 0.3) is 5.65 Å². The SMILES string of the molecule is Cc1ccn2cc(C(=O)Nc3cccc(C(=O)OC(C)C)c3)nc2c1. The Bertz CT molecular complexity index is 944. The fourth-order valence-electron chi connectivity index (χ4n) is 2.39. The molecule has 0 radical (unpaired) electrons. The molecule has 6 heteroatoms. The molecule has 0 atom stereocenters. The number of benzene rings is 1. The minimum atomic E-state index is -0.422. The summed E-state index contributed by atoms with van der Waals surface area (Å²) >= 11 is 0. The van der Waals surface area contributed by atoms with Gasteiger partial charge in [-0.25, -0.2) is 9.78 Å². The minimum absolute atomic E-state index is 0.202. The second kappa shape index (κ2) is 6.76. The van der Waals surface area contributed by atoms with E-state index in [1.807, 2.05) is 25.3 Å². The average Bonchev–Trinajstić information content (AvgIpc) is 2.97. The van der Waals surface area contributed by atoms with Gasteiger partial charge in [0.1, 0.15) is 11.3 Å². The smallest absolute Gasteiger partial charge is 0.338 e. The van der Waals surface area contributed by atoms with Gasteiger partial charge in [-0.1, -0.05) is 6.07 Å². The third kappa shape index (κ3) is 3.85. The second-order valence-corrected chi connectivity index (χ2v) is 6.08. The Morgan fingerprint density at radius 3 is 2.76 bits per heavy atom. The molecule has 0 fully saturated rings. The molecule has 1 aromatic carbocycles. The second-order valence-electron chi connectivity index (χ2n) is 6.08. The molecule has 2 heterocycles. The van der Waals surface area contributed by atoms with Crippen molar-refractivity contribution < 1.29 is 14.3 Å². The maximum atomic E-state index is 12.4. The molecular weight excluding hydrogens is 318 g/mol. The molecule has 0 saturated carbocycles. The number of anilines is 1. The van der Waals surface area contributed by atoms with E-state index in [-0.39, 0.29) is 12.0 Å². The van der Waals surface area contributed by atoms with Crippen LogP contribution in [0.4, 0.5) is 5.69 Å². The van der Waals surface area contributed by atoms with Gasteiger partial charge in [-0.3, -0.25) is 4.79 Å². The summed E-state index contributed by atoms with van der Waals surface area (Å²) in [6.45, 7) is 5.54. The van der Waals surface area contributed by atoms with Crippen LogP contribution in [-0.4, -0.2) is 27.4 Å². The number of esters is 1. The van der Waals surface area contributed by atoms with Gasteiger partial charge in [0.25, 0.3) is 5.91 Å². The highest BCUT2D eigenvalue weighted by Gasteiger charge is 2.13. The number of nitrogens with zero attached hydrogens (tertiary/aromatic N) is 2. The number of imidazole rings is 1. The summed E-state index contributed by atoms with van der Waals surface area (Å²) in [6, 6.07) is 10.5. The number of hydrogen-bond donors (Lipinski definition) is 1. The number of carbonyl (C=O) groups is 2. The van der Waals surface area contributed by atoms with E-state index in [1.54, 1.807) is 48.7 Å². The van der Waals surface area contributed by atoms with E-state index in [0.717, 1.165) is 5.56 Å². The molecular formula is C19H19N3O3. The number of aryl methyl sites for hydroxylation is 1. The summed E-state index contributed by atoms with van der Waals surface area (Å²) in [5.41, 5.74) is 2.98. The average molecular weight is 337 g/mol. The van der Waals surface area contributed by atoms with E-state index < -0.39 is 5.97 Å². The van der Waals surface area contributed by atoms with Crippen molar-refractivity contribution in [3.63, 3.8) is 0 Å². The van der Waals surface area contributed by atoms with Crippen LogP contribution in [-0.2, 0) is 4.74 Å². The Labute approximate surface area is 145 Å². The van der Waals surface area contributed by atoms with Gasteiger partial charge >= 0.3 is 5.97 Å². The maximum Gasteiger partial charge on any atom is 0.338 e. The lowest BCUT2D eigenvalue weighted by Crippen LogP contribution is -2.14. The van der Waals surface area contributed by atoms with Gasteiger partial charge < -0.3 is 14.5 Å². The molecule has 3 aromatic rings. The van der Waals surface area contributed by atoms with Gasteiger partial charge in [0.15, 0.2) is 0 Å². The molecule has 0 bridgehead atoms. The third-order valence-electron chi connectivity index (χ3n) is 3.55. The first-order valence-electron chi connectivity index (χ1n) is 8.00. The fourth-order valence-corrected chi connectivity index (χ4v) is 2.39. The zero-order chi connectivity index (χ0) is 18.0. The van der Waals surface area contributed by atoms with Crippen molar-refractivity contribution in [3.8, 4) is 0 Å². The van der Waals surface area contributed by atoms with Crippen LogP contribution in [0.15, 0.2) is 48.8 Å². The number of rotatable bonds is 4. The van der Waals surface area contributed by atoms with Crippen molar-refractivity contribution in [2.45, 2.75) is 26.9 Å². The molecule has 1 amide bonds. The van der Waals surface area contributed by atoms with Crippen molar-refractivity contribution in [2.24, 2.45) is 0 Å². The van der Waals surface area contributed by atoms with Gasteiger partial charge in [-0.15, -0.1) is 0 Å². The zero-order valence-corrected chi connectivity index (χ0v) is 14.3. The minimum Gasteiger partial charge on any atom is -0.459 e. The monoisotopic (exact) mass is 337 g/mol. The summed E-state index contributed by atoms with van der Waals surface area (Å²) in [5, 5.41) is 2.76. The normalized spacial score (nSPS) is 10.9. The highest BCUT2D eigenvalue weighted by Crippen LogP contribution is 2.14. The summed E-state index contributed by atoms with van der Waals surface area (Å²) in [5.74, 6) is -0.759. The van der Waals surface area contributed by atoms with Crippen LogP contribution in [0.5, 0.6) is 0 Å². The van der Waals surface area contributed by atoms with E-state index in [1.165, 1.54) is 0 Å². The molecule has 0 aliphatic rings. The number of ether oxygens (including phenoxy) is 1. The Kier molecular flexibility index (Phi) is 4.52. The van der Waals surface area contributed by atoms with Crippen LogP contribution in [0.1, 0.15) is 40.3 Å². The lowest BCUT2D eigenvalue weighted by molar-refractivity contribution is 0.0378. The third-order valence-corrected chi connectivity index (χ3v) is 3.55. The first kappa shape index (κ1) is 16.7. The number of fused-ring (bicyclic) bond motifs is 1. The zero-order valence-electron chi connectivity index (χ0n) is 14.3. The summed E-state index contributed by atoms with van der Waals surface area (Å²) in [7, 11) is 0. The van der Waals surface area contributed by atoms with Gasteiger partial charge in [-0.05, 0) is 56.7 Å². The Hall–Kier alpha value is -3.15. The molecule has 2 aromatic heterocycles. The van der Waals surface area contributed by atoms with Gasteiger partial charge in [0.2, 0.25) is 0 Å². The highest BCUT2D eigenvalue weighted by molar-refractivity contribution is 6.03. The molecule has 0 unspecified atom stereocenters. The molecule has 0 aliphatic heterocycles. The number of amides is 1. The fraction of sp³-hybridized carbons (Fsp3) is 0.211. The molecule has 25 heavy (non-hydrogen) atoms. The van der Waals surface area contributed by atoms with E-state index in [4.69, 9.17) is 4.74 Å². The topological polar surface area (TPSA) is 72.7 Å². The first-order chi connectivity index (χ1) is 11.9. The van der Waals surface area contributed by atoms with Crippen molar-refractivity contribution in [2.75, 3.05) is 5.32 Å². The standard InChI is InChI=1S/C19H19N3O3/c1-12(2)25-19(24)14-5-4-6-15(10-14)20-18(23)16-11-22-8-7-13(3)9-17(22)21-16/h4-12H,1-3H3,(H,20,23). The van der Waals surface area contributed by atoms with E-state index in [2.05, 4.69) is 10.3 Å². The molecule has 0 saturated heterocycles. The van der Waals surface area contributed by atoms with Crippen molar-refractivity contribution in [1.82, 2.24) is 9.38 Å². The molecule has 128 valence electrons.